The van der Waals surface area contributed by atoms with E-state index in [1.54, 1.807) is 6.07 Å². The molecule has 27 heavy (non-hydrogen) atoms. The minimum Gasteiger partial charge on any atom is -0.355 e. The van der Waals surface area contributed by atoms with E-state index in [9.17, 15) is 13.6 Å². The maximum atomic E-state index is 14.5. The third-order valence-corrected chi connectivity index (χ3v) is 4.25. The molecule has 2 aromatic carbocycles. The molecule has 0 radical (unpaired) electrons. The molecule has 6 nitrogen and oxygen atoms in total. The van der Waals surface area contributed by atoms with Gasteiger partial charge in [0.25, 0.3) is 5.91 Å². The van der Waals surface area contributed by atoms with Crippen LogP contribution in [-0.2, 0) is 0 Å². The molecular formula is C19H13F2N5O. The summed E-state index contributed by atoms with van der Waals surface area (Å²) in [6, 6.07) is 8.15. The molecule has 0 aliphatic carbocycles. The Morgan fingerprint density at radius 2 is 1.78 bits per heavy atom. The molecule has 4 rings (SSSR count). The number of aromatic amines is 1. The van der Waals surface area contributed by atoms with E-state index in [1.165, 1.54) is 43.8 Å². The highest BCUT2D eigenvalue weighted by molar-refractivity contribution is 5.95. The van der Waals surface area contributed by atoms with Gasteiger partial charge < -0.3 is 10.3 Å². The van der Waals surface area contributed by atoms with E-state index in [0.29, 0.717) is 22.3 Å². The number of benzene rings is 2. The molecule has 0 atom stereocenters. The van der Waals surface area contributed by atoms with Gasteiger partial charge in [0, 0.05) is 29.3 Å². The van der Waals surface area contributed by atoms with Gasteiger partial charge in [-0.15, -0.1) is 5.10 Å². The number of nitrogens with zero attached hydrogens (tertiary/aromatic N) is 3. The number of hydrogen-bond acceptors (Lipinski definition) is 4. The Labute approximate surface area is 152 Å². The molecule has 0 aliphatic heterocycles. The monoisotopic (exact) mass is 365 g/mol. The van der Waals surface area contributed by atoms with Gasteiger partial charge in [-0.1, -0.05) is 6.07 Å². The summed E-state index contributed by atoms with van der Waals surface area (Å²) in [6.07, 6.45) is 3.01. The van der Waals surface area contributed by atoms with E-state index in [4.69, 9.17) is 0 Å². The molecule has 2 heterocycles. The van der Waals surface area contributed by atoms with Crippen molar-refractivity contribution in [3.8, 4) is 22.3 Å². The summed E-state index contributed by atoms with van der Waals surface area (Å²) in [5.74, 6) is -1.61. The van der Waals surface area contributed by atoms with Crippen molar-refractivity contribution in [2.75, 3.05) is 7.05 Å². The zero-order valence-corrected chi connectivity index (χ0v) is 14.1. The lowest BCUT2D eigenvalue weighted by Gasteiger charge is -2.10. The predicted molar refractivity (Wildman–Crippen MR) is 95.9 cm³/mol. The van der Waals surface area contributed by atoms with Crippen molar-refractivity contribution in [3.63, 3.8) is 0 Å². The second-order valence-electron chi connectivity index (χ2n) is 5.83. The molecule has 2 aromatic heterocycles. The summed E-state index contributed by atoms with van der Waals surface area (Å²) in [5.41, 5.74) is 2.61. The number of imidazole rings is 1. The molecule has 0 spiro atoms. The number of nitrogens with one attached hydrogen (secondary N) is 2. The van der Waals surface area contributed by atoms with Crippen LogP contribution in [0.2, 0.25) is 0 Å². The minimum absolute atomic E-state index is 0.00156. The van der Waals surface area contributed by atoms with Gasteiger partial charge in [-0.25, -0.2) is 13.8 Å². The van der Waals surface area contributed by atoms with Crippen LogP contribution < -0.4 is 5.32 Å². The summed E-state index contributed by atoms with van der Waals surface area (Å²) in [5, 5.41) is 10.3. The maximum Gasteiger partial charge on any atom is 0.251 e. The second-order valence-corrected chi connectivity index (χ2v) is 5.83. The van der Waals surface area contributed by atoms with Gasteiger partial charge in [0.1, 0.15) is 11.6 Å². The molecule has 4 aromatic rings. The molecule has 0 fully saturated rings. The van der Waals surface area contributed by atoms with Gasteiger partial charge in [0.05, 0.1) is 18.0 Å². The number of halogens is 2. The minimum atomic E-state index is -0.627. The molecule has 0 saturated carbocycles. The van der Waals surface area contributed by atoms with E-state index in [0.717, 1.165) is 6.07 Å². The molecule has 0 saturated heterocycles. The van der Waals surface area contributed by atoms with E-state index in [2.05, 4.69) is 25.5 Å². The molecule has 8 heteroatoms. The highest BCUT2D eigenvalue weighted by atomic mass is 19.1. The number of fused-ring (bicyclic) bond motifs is 1. The van der Waals surface area contributed by atoms with Crippen molar-refractivity contribution in [3.05, 3.63) is 66.1 Å². The number of carbonyl (C=O) groups excluding carboxylic acids is 1. The molecule has 0 aliphatic rings. The normalized spacial score (nSPS) is 10.9. The van der Waals surface area contributed by atoms with Crippen molar-refractivity contribution >= 4 is 17.1 Å². The number of aromatic nitrogens is 4. The summed E-state index contributed by atoms with van der Waals surface area (Å²) >= 11 is 0. The van der Waals surface area contributed by atoms with Crippen molar-refractivity contribution in [2.45, 2.75) is 0 Å². The fourth-order valence-electron chi connectivity index (χ4n) is 2.90. The van der Waals surface area contributed by atoms with Gasteiger partial charge >= 0.3 is 0 Å². The summed E-state index contributed by atoms with van der Waals surface area (Å²) in [4.78, 5) is 18.9. The van der Waals surface area contributed by atoms with Crippen LogP contribution in [0, 0.1) is 11.6 Å². The van der Waals surface area contributed by atoms with Gasteiger partial charge in [0.2, 0.25) is 0 Å². The Bertz CT molecular complexity index is 1170. The average Bonchev–Trinajstić information content (AvgIpc) is 3.17. The van der Waals surface area contributed by atoms with Crippen LogP contribution in [0.3, 0.4) is 0 Å². The van der Waals surface area contributed by atoms with Crippen molar-refractivity contribution in [2.24, 2.45) is 0 Å². The zero-order chi connectivity index (χ0) is 19.0. The van der Waals surface area contributed by atoms with Gasteiger partial charge in [0.15, 0.2) is 5.65 Å². The summed E-state index contributed by atoms with van der Waals surface area (Å²) in [6.45, 7) is 0. The number of H-pyrrole nitrogens is 1. The zero-order valence-electron chi connectivity index (χ0n) is 14.1. The highest BCUT2D eigenvalue weighted by Crippen LogP contribution is 2.32. The number of amides is 1. The van der Waals surface area contributed by atoms with Crippen LogP contribution >= 0.6 is 0 Å². The largest absolute Gasteiger partial charge is 0.355 e. The van der Waals surface area contributed by atoms with Crippen LogP contribution in [0.15, 0.2) is 48.9 Å². The Hall–Kier alpha value is -3.68. The third kappa shape index (κ3) is 2.91. The fraction of sp³-hybridized carbons (Fsp3) is 0.0526. The maximum absolute atomic E-state index is 14.5. The van der Waals surface area contributed by atoms with Crippen LogP contribution in [0.25, 0.3) is 33.4 Å². The molecule has 2 N–H and O–H groups in total. The summed E-state index contributed by atoms with van der Waals surface area (Å²) in [7, 11) is 1.47. The van der Waals surface area contributed by atoms with E-state index in [1.807, 2.05) is 0 Å². The van der Waals surface area contributed by atoms with Crippen LogP contribution in [0.4, 0.5) is 8.78 Å². The number of rotatable bonds is 3. The Morgan fingerprint density at radius 3 is 2.56 bits per heavy atom. The molecule has 134 valence electrons. The van der Waals surface area contributed by atoms with Crippen molar-refractivity contribution in [1.82, 2.24) is 25.5 Å². The molecule has 1 amide bonds. The molecular weight excluding hydrogens is 352 g/mol. The van der Waals surface area contributed by atoms with E-state index >= 15 is 0 Å². The number of carbonyl (C=O) groups is 1. The van der Waals surface area contributed by atoms with Crippen LogP contribution in [0.5, 0.6) is 0 Å². The van der Waals surface area contributed by atoms with Gasteiger partial charge in [-0.3, -0.25) is 4.79 Å². The SMILES string of the molecule is CNC(=O)c1ccc(F)c(-c2cc(-c3cnnc4nc[nH]c34)ccc2F)c1. The van der Waals surface area contributed by atoms with Gasteiger partial charge in [-0.05, 0) is 35.9 Å². The van der Waals surface area contributed by atoms with E-state index < -0.39 is 11.6 Å². The topological polar surface area (TPSA) is 83.6 Å². The Kier molecular flexibility index (Phi) is 4.08. The average molecular weight is 365 g/mol. The standard InChI is InChI=1S/C19H13F2N5O/c1-22-19(27)11-3-5-16(21)13(7-11)12-6-10(2-4-15(12)20)14-8-25-26-18-17(14)23-9-24-18/h2-9H,1H3,(H,22,27)(H,23,24,26). The van der Waals surface area contributed by atoms with E-state index in [-0.39, 0.29) is 22.6 Å². The smallest absolute Gasteiger partial charge is 0.251 e. The quantitative estimate of drug-likeness (QED) is 0.583. The highest BCUT2D eigenvalue weighted by Gasteiger charge is 2.16. The first-order chi connectivity index (χ1) is 13.1. The third-order valence-electron chi connectivity index (χ3n) is 4.25. The second kappa shape index (κ2) is 6.56. The number of hydrogen-bond donors (Lipinski definition) is 2. The Morgan fingerprint density at radius 1 is 1.04 bits per heavy atom. The predicted octanol–water partition coefficient (Wildman–Crippen LogP) is 3.32. The first-order valence-electron chi connectivity index (χ1n) is 8.05. The first kappa shape index (κ1) is 16.8. The van der Waals surface area contributed by atoms with Crippen molar-refractivity contribution < 1.29 is 13.6 Å². The summed E-state index contributed by atoms with van der Waals surface area (Å²) < 4.78 is 28.9. The van der Waals surface area contributed by atoms with Crippen LogP contribution in [0.1, 0.15) is 10.4 Å². The first-order valence-corrected chi connectivity index (χ1v) is 8.05. The molecule has 0 unspecified atom stereocenters. The lowest BCUT2D eigenvalue weighted by atomic mass is 9.97. The van der Waals surface area contributed by atoms with Gasteiger partial charge in [-0.2, -0.15) is 5.10 Å². The van der Waals surface area contributed by atoms with Crippen LogP contribution in [-0.4, -0.2) is 33.1 Å². The van der Waals surface area contributed by atoms with Crippen molar-refractivity contribution in [1.29, 1.82) is 0 Å². The molecule has 0 bridgehead atoms. The fourth-order valence-corrected chi connectivity index (χ4v) is 2.90. The lowest BCUT2D eigenvalue weighted by Crippen LogP contribution is -2.17. The lowest BCUT2D eigenvalue weighted by molar-refractivity contribution is 0.0963. The Balaban J connectivity index is 1.89.